The van der Waals surface area contributed by atoms with E-state index in [1.165, 1.54) is 0 Å². The first kappa shape index (κ1) is 22.9. The van der Waals surface area contributed by atoms with Crippen LogP contribution >= 0.6 is 0 Å². The number of fused-ring (bicyclic) bond motifs is 1. The van der Waals surface area contributed by atoms with Gasteiger partial charge < -0.3 is 17.8 Å². The van der Waals surface area contributed by atoms with E-state index in [0.29, 0.717) is 40.9 Å². The van der Waals surface area contributed by atoms with Gasteiger partial charge in [-0.05, 0) is 33.3 Å². The van der Waals surface area contributed by atoms with Crippen molar-refractivity contribution in [2.75, 3.05) is 18.6 Å². The maximum absolute atomic E-state index is 12.8. The number of hydrogen-bond acceptors (Lipinski definition) is 4. The Morgan fingerprint density at radius 2 is 1.42 bits per heavy atom. The normalized spacial score (nSPS) is 34.8. The van der Waals surface area contributed by atoms with Crippen LogP contribution in [0, 0.1) is 5.92 Å². The van der Waals surface area contributed by atoms with Crippen molar-refractivity contribution in [2.45, 2.75) is 95.8 Å². The molecule has 4 nitrogen and oxygen atoms in total. The highest BCUT2D eigenvalue weighted by Crippen LogP contribution is 2.44. The predicted octanol–water partition coefficient (Wildman–Crippen LogP) is 4.75. The van der Waals surface area contributed by atoms with Crippen LogP contribution in [0.5, 0.6) is 0 Å². The largest absolute Gasteiger partial charge is 0.616 e. The molecule has 1 unspecified atom stereocenters. The Morgan fingerprint density at radius 1 is 0.885 bits per heavy atom. The highest BCUT2D eigenvalue weighted by atomic mass is 32.2. The summed E-state index contributed by atoms with van der Waals surface area (Å²) in [7, 11) is -4.62. The highest BCUT2D eigenvalue weighted by Gasteiger charge is 2.57. The number of hydrogen-bond donors (Lipinski definition) is 0. The maximum Gasteiger partial charge on any atom is 0.343 e. The molecule has 0 bridgehead atoms. The Labute approximate surface area is 166 Å². The molecule has 0 spiro atoms. The summed E-state index contributed by atoms with van der Waals surface area (Å²) in [6.45, 7) is 20.8. The van der Waals surface area contributed by atoms with E-state index in [4.69, 9.17) is 13.3 Å². The monoisotopic (exact) mass is 420 g/mol. The zero-order chi connectivity index (χ0) is 19.9. The Bertz CT molecular complexity index is 456. The molecule has 7 heteroatoms. The van der Waals surface area contributed by atoms with E-state index in [1.807, 2.05) is 0 Å². The highest BCUT2D eigenvalue weighted by molar-refractivity contribution is 7.92. The topological polar surface area (TPSA) is 50.8 Å². The molecule has 154 valence electrons. The molecule has 2 fully saturated rings. The standard InChI is InChI=1S/C19H40O4SSi2/c1-13(2)25(14(3)4)12-22-26(15(5)6,16(7)8)21-10-18-19(23-25)17(9)11-24(18)20/h13-19H,10-12H2,1-9H3/t17-,18+,19-,24?/m0/s1. The molecule has 26 heavy (non-hydrogen) atoms. The van der Waals surface area contributed by atoms with E-state index in [2.05, 4.69) is 62.3 Å². The lowest BCUT2D eigenvalue weighted by Gasteiger charge is -2.43. The molecular weight excluding hydrogens is 380 g/mol. The molecule has 0 aromatic carbocycles. The van der Waals surface area contributed by atoms with E-state index in [1.54, 1.807) is 0 Å². The predicted molar refractivity (Wildman–Crippen MR) is 115 cm³/mol. The molecule has 2 saturated heterocycles. The minimum absolute atomic E-state index is 0.0135. The van der Waals surface area contributed by atoms with Crippen molar-refractivity contribution in [1.82, 2.24) is 0 Å². The summed E-state index contributed by atoms with van der Waals surface area (Å²) in [4.78, 5) is 0. The molecule has 0 radical (unpaired) electrons. The van der Waals surface area contributed by atoms with E-state index in [9.17, 15) is 4.55 Å². The summed E-state index contributed by atoms with van der Waals surface area (Å²) in [5.74, 6) is 1.05. The van der Waals surface area contributed by atoms with Crippen molar-refractivity contribution in [3.8, 4) is 0 Å². The third-order valence-electron chi connectivity index (χ3n) is 6.61. The SMILES string of the molecule is CC(C)[Si]1(C(C)C)CO[Si](C(C)C)(C(C)C)OC[C@@H]2[C@@H](O1)[C@@H](C)C[S+]2[O-]. The lowest BCUT2D eigenvalue weighted by Crippen LogP contribution is -2.57. The van der Waals surface area contributed by atoms with Crippen LogP contribution in [0.15, 0.2) is 0 Å². The smallest absolute Gasteiger partial charge is 0.343 e. The van der Waals surface area contributed by atoms with Crippen molar-refractivity contribution in [3.05, 3.63) is 0 Å². The lowest BCUT2D eigenvalue weighted by molar-refractivity contribution is 0.121. The minimum atomic E-state index is -2.42. The third-order valence-corrected chi connectivity index (χ3v) is 18.5. The van der Waals surface area contributed by atoms with Gasteiger partial charge in [-0.15, -0.1) is 0 Å². The van der Waals surface area contributed by atoms with Gasteiger partial charge in [-0.25, -0.2) is 0 Å². The fourth-order valence-electron chi connectivity index (χ4n) is 4.73. The second-order valence-electron chi connectivity index (χ2n) is 9.54. The molecule has 0 amide bonds. The van der Waals surface area contributed by atoms with E-state index in [-0.39, 0.29) is 11.4 Å². The molecule has 2 heterocycles. The molecule has 0 aliphatic carbocycles. The Hall–Kier alpha value is 0.624. The van der Waals surface area contributed by atoms with Crippen LogP contribution in [0.1, 0.15) is 62.3 Å². The second kappa shape index (κ2) is 8.55. The first-order valence-corrected chi connectivity index (χ1v) is 15.9. The van der Waals surface area contributed by atoms with Gasteiger partial charge in [0, 0.05) is 5.92 Å². The average Bonchev–Trinajstić information content (AvgIpc) is 2.82. The Balaban J connectivity index is 2.51. The average molecular weight is 421 g/mol. The molecule has 0 saturated carbocycles. The molecule has 0 aromatic rings. The summed E-state index contributed by atoms with van der Waals surface area (Å²) >= 11 is -0.876. The fraction of sp³-hybridized carbons (Fsp3) is 1.00. The van der Waals surface area contributed by atoms with E-state index in [0.717, 1.165) is 5.75 Å². The van der Waals surface area contributed by atoms with Gasteiger partial charge in [0.05, 0.1) is 12.8 Å². The molecule has 2 aliphatic heterocycles. The van der Waals surface area contributed by atoms with Gasteiger partial charge in [-0.2, -0.15) is 0 Å². The van der Waals surface area contributed by atoms with Crippen LogP contribution in [0.3, 0.4) is 0 Å². The van der Waals surface area contributed by atoms with Crippen LogP contribution in [0.4, 0.5) is 0 Å². The minimum Gasteiger partial charge on any atom is -0.616 e. The second-order valence-corrected chi connectivity index (χ2v) is 20.3. The first-order valence-electron chi connectivity index (χ1n) is 10.3. The zero-order valence-electron chi connectivity index (χ0n) is 18.2. The Morgan fingerprint density at radius 3 is 1.88 bits per heavy atom. The van der Waals surface area contributed by atoms with Crippen molar-refractivity contribution in [3.63, 3.8) is 0 Å². The van der Waals surface area contributed by atoms with Crippen molar-refractivity contribution >= 4 is 28.1 Å². The molecular formula is C19H40O4SSi2. The summed E-state index contributed by atoms with van der Waals surface area (Å²) in [6.07, 6.45) is 0.744. The summed E-state index contributed by atoms with van der Waals surface area (Å²) in [5, 5.41) is -0.0135. The van der Waals surface area contributed by atoms with Crippen molar-refractivity contribution in [2.24, 2.45) is 5.92 Å². The zero-order valence-corrected chi connectivity index (χ0v) is 21.0. The van der Waals surface area contributed by atoms with Gasteiger partial charge in [0.1, 0.15) is 11.9 Å². The summed E-state index contributed by atoms with van der Waals surface area (Å²) < 4.78 is 33.3. The molecule has 4 atom stereocenters. The maximum atomic E-state index is 12.8. The summed E-state index contributed by atoms with van der Waals surface area (Å²) in [6, 6.07) is 0. The van der Waals surface area contributed by atoms with Gasteiger partial charge in [-0.1, -0.05) is 62.3 Å². The van der Waals surface area contributed by atoms with Gasteiger partial charge in [0.2, 0.25) is 8.32 Å². The van der Waals surface area contributed by atoms with Crippen LogP contribution in [-0.4, -0.2) is 51.4 Å². The number of rotatable bonds is 4. The van der Waals surface area contributed by atoms with Crippen molar-refractivity contribution < 1.29 is 17.8 Å². The van der Waals surface area contributed by atoms with Gasteiger partial charge in [0.25, 0.3) is 0 Å². The third kappa shape index (κ3) is 4.00. The van der Waals surface area contributed by atoms with Gasteiger partial charge in [-0.3, -0.25) is 0 Å². The Kier molecular flexibility index (Phi) is 7.53. The molecule has 0 aromatic heterocycles. The quantitative estimate of drug-likeness (QED) is 0.486. The fourth-order valence-corrected chi connectivity index (χ4v) is 15.3. The van der Waals surface area contributed by atoms with Crippen LogP contribution in [-0.2, 0) is 24.5 Å². The molecule has 0 N–H and O–H groups in total. The summed E-state index contributed by atoms with van der Waals surface area (Å²) in [5.41, 5.74) is 1.62. The van der Waals surface area contributed by atoms with Gasteiger partial charge in [0.15, 0.2) is 5.25 Å². The van der Waals surface area contributed by atoms with E-state index >= 15 is 0 Å². The van der Waals surface area contributed by atoms with Crippen LogP contribution in [0.25, 0.3) is 0 Å². The van der Waals surface area contributed by atoms with Crippen molar-refractivity contribution in [1.29, 1.82) is 0 Å². The molecule has 2 aliphatic rings. The van der Waals surface area contributed by atoms with Crippen LogP contribution < -0.4 is 0 Å². The van der Waals surface area contributed by atoms with E-state index < -0.39 is 28.1 Å². The van der Waals surface area contributed by atoms with Gasteiger partial charge >= 0.3 is 8.56 Å². The van der Waals surface area contributed by atoms with Crippen LogP contribution in [0.2, 0.25) is 22.2 Å². The lowest BCUT2D eigenvalue weighted by atomic mass is 10.1. The molecule has 2 rings (SSSR count). The first-order chi connectivity index (χ1) is 12.0.